The molecule has 1 unspecified atom stereocenters. The van der Waals surface area contributed by atoms with Crippen molar-refractivity contribution in [3.05, 3.63) is 0 Å². The third-order valence-electron chi connectivity index (χ3n) is 4.81. The highest BCUT2D eigenvalue weighted by Crippen LogP contribution is 2.26. The summed E-state index contributed by atoms with van der Waals surface area (Å²) in [7, 11) is 0. The van der Waals surface area contributed by atoms with Crippen molar-refractivity contribution >= 4 is 12.0 Å². The molecule has 1 heterocycles. The van der Waals surface area contributed by atoms with Crippen molar-refractivity contribution in [3.8, 4) is 0 Å². The Balaban J connectivity index is 1.91. The Bertz CT molecular complexity index is 345. The molecule has 2 amide bonds. The van der Waals surface area contributed by atoms with Gasteiger partial charge in [0.2, 0.25) is 0 Å². The highest BCUT2D eigenvalue weighted by molar-refractivity contribution is 5.82. The quantitative estimate of drug-likeness (QED) is 0.841. The van der Waals surface area contributed by atoms with Gasteiger partial charge in [-0.05, 0) is 31.6 Å². The van der Waals surface area contributed by atoms with Gasteiger partial charge in [-0.25, -0.2) is 9.59 Å². The molecule has 0 bridgehead atoms. The molecule has 5 nitrogen and oxygen atoms in total. The van der Waals surface area contributed by atoms with Gasteiger partial charge >= 0.3 is 12.0 Å². The van der Waals surface area contributed by atoms with Crippen LogP contribution in [0, 0.1) is 5.92 Å². The molecule has 0 aromatic heterocycles. The van der Waals surface area contributed by atoms with Crippen molar-refractivity contribution in [3.63, 3.8) is 0 Å². The molecule has 2 fully saturated rings. The zero-order valence-corrected chi connectivity index (χ0v) is 12.9. The van der Waals surface area contributed by atoms with Crippen LogP contribution in [0.2, 0.25) is 0 Å². The summed E-state index contributed by atoms with van der Waals surface area (Å²) in [6.45, 7) is 1.51. The van der Waals surface area contributed by atoms with Gasteiger partial charge in [-0.15, -0.1) is 0 Å². The summed E-state index contributed by atoms with van der Waals surface area (Å²) in [6, 6.07) is -0.905. The summed E-state index contributed by atoms with van der Waals surface area (Å²) in [5.74, 6) is -0.794. The van der Waals surface area contributed by atoms with Gasteiger partial charge < -0.3 is 15.3 Å². The van der Waals surface area contributed by atoms with E-state index >= 15 is 0 Å². The Hall–Kier alpha value is -1.26. The number of hydrogen-bond acceptors (Lipinski definition) is 2. The molecule has 120 valence electrons. The molecule has 2 aliphatic rings. The second-order valence-electron chi connectivity index (χ2n) is 6.42. The molecule has 2 N–H and O–H groups in total. The average molecular weight is 296 g/mol. The topological polar surface area (TPSA) is 69.6 Å². The molecular weight excluding hydrogens is 268 g/mol. The lowest BCUT2D eigenvalue weighted by Gasteiger charge is -2.31. The lowest BCUT2D eigenvalue weighted by molar-refractivity contribution is -0.141. The summed E-state index contributed by atoms with van der Waals surface area (Å²) in [4.78, 5) is 25.7. The van der Waals surface area contributed by atoms with Crippen LogP contribution >= 0.6 is 0 Å². The van der Waals surface area contributed by atoms with Crippen LogP contribution in [0.5, 0.6) is 0 Å². The minimum atomic E-state index is -0.887. The summed E-state index contributed by atoms with van der Waals surface area (Å²) < 4.78 is 0. The molecule has 0 aromatic rings. The smallest absolute Gasteiger partial charge is 0.326 e. The van der Waals surface area contributed by atoms with Crippen molar-refractivity contribution in [1.29, 1.82) is 0 Å². The van der Waals surface area contributed by atoms with Crippen LogP contribution < -0.4 is 5.32 Å². The third kappa shape index (κ3) is 4.90. The summed E-state index contributed by atoms with van der Waals surface area (Å²) in [5, 5.41) is 12.2. The Morgan fingerprint density at radius 1 is 0.905 bits per heavy atom. The second-order valence-corrected chi connectivity index (χ2v) is 6.42. The van der Waals surface area contributed by atoms with E-state index in [2.05, 4.69) is 5.32 Å². The van der Waals surface area contributed by atoms with E-state index < -0.39 is 12.0 Å². The number of carboxylic acids is 1. The van der Waals surface area contributed by atoms with Gasteiger partial charge in [0.1, 0.15) is 6.04 Å². The number of carbonyl (C=O) groups excluding carboxylic acids is 1. The molecule has 0 radical (unpaired) electrons. The fourth-order valence-electron chi connectivity index (χ4n) is 3.52. The molecule has 0 spiro atoms. The zero-order chi connectivity index (χ0) is 15.1. The summed E-state index contributed by atoms with van der Waals surface area (Å²) in [5.41, 5.74) is 0. The second kappa shape index (κ2) is 8.25. The molecule has 1 aliphatic heterocycles. The van der Waals surface area contributed by atoms with Crippen LogP contribution in [0.15, 0.2) is 0 Å². The van der Waals surface area contributed by atoms with Gasteiger partial charge in [-0.2, -0.15) is 0 Å². The SMILES string of the molecule is O=C(O)C(NC(=O)N1CCCCCCC1)C1CCCCC1. The van der Waals surface area contributed by atoms with Gasteiger partial charge in [0.05, 0.1) is 0 Å². The van der Waals surface area contributed by atoms with Crippen LogP contribution in [-0.4, -0.2) is 41.1 Å². The number of carbonyl (C=O) groups is 2. The van der Waals surface area contributed by atoms with E-state index in [1.165, 1.54) is 12.8 Å². The van der Waals surface area contributed by atoms with E-state index in [-0.39, 0.29) is 11.9 Å². The Labute approximate surface area is 127 Å². The maximum atomic E-state index is 12.4. The molecule has 1 saturated heterocycles. The van der Waals surface area contributed by atoms with Crippen molar-refractivity contribution < 1.29 is 14.7 Å². The van der Waals surface area contributed by atoms with E-state index in [9.17, 15) is 14.7 Å². The highest BCUT2D eigenvalue weighted by atomic mass is 16.4. The Morgan fingerprint density at radius 3 is 2.00 bits per heavy atom. The van der Waals surface area contributed by atoms with Gasteiger partial charge in [0, 0.05) is 13.1 Å². The summed E-state index contributed by atoms with van der Waals surface area (Å²) in [6.07, 6.45) is 10.8. The van der Waals surface area contributed by atoms with Gasteiger partial charge in [0.15, 0.2) is 0 Å². The average Bonchev–Trinajstić information content (AvgIpc) is 2.44. The van der Waals surface area contributed by atoms with Crippen molar-refractivity contribution in [2.24, 2.45) is 5.92 Å². The number of nitrogens with zero attached hydrogens (tertiary/aromatic N) is 1. The van der Waals surface area contributed by atoms with E-state index in [4.69, 9.17) is 0 Å². The van der Waals surface area contributed by atoms with Crippen molar-refractivity contribution in [2.75, 3.05) is 13.1 Å². The van der Waals surface area contributed by atoms with Gasteiger partial charge in [-0.3, -0.25) is 0 Å². The minimum Gasteiger partial charge on any atom is -0.480 e. The number of rotatable bonds is 3. The minimum absolute atomic E-state index is 0.0926. The van der Waals surface area contributed by atoms with E-state index in [1.54, 1.807) is 4.90 Å². The fraction of sp³-hybridized carbons (Fsp3) is 0.875. The standard InChI is InChI=1S/C16H28N2O3/c19-15(20)14(13-9-5-4-6-10-13)17-16(21)18-11-7-2-1-3-8-12-18/h13-14H,1-12H2,(H,17,21)(H,19,20). The Kier molecular flexibility index (Phi) is 6.33. The maximum absolute atomic E-state index is 12.4. The normalized spacial score (nSPS) is 23.0. The molecule has 1 aliphatic carbocycles. The fourth-order valence-corrected chi connectivity index (χ4v) is 3.52. The maximum Gasteiger partial charge on any atom is 0.326 e. The number of urea groups is 1. The van der Waals surface area contributed by atoms with Crippen LogP contribution in [0.1, 0.15) is 64.2 Å². The monoisotopic (exact) mass is 296 g/mol. The molecule has 0 aromatic carbocycles. The number of aliphatic carboxylic acids is 1. The van der Waals surface area contributed by atoms with E-state index in [1.807, 2.05) is 0 Å². The molecule has 2 rings (SSSR count). The number of nitrogens with one attached hydrogen (secondary N) is 1. The number of amides is 2. The lowest BCUT2D eigenvalue weighted by atomic mass is 9.84. The first-order valence-electron chi connectivity index (χ1n) is 8.47. The highest BCUT2D eigenvalue weighted by Gasteiger charge is 2.31. The molecule has 1 atom stereocenters. The molecule has 1 saturated carbocycles. The zero-order valence-electron chi connectivity index (χ0n) is 12.9. The predicted molar refractivity (Wildman–Crippen MR) is 81.2 cm³/mol. The van der Waals surface area contributed by atoms with E-state index in [0.717, 1.165) is 64.5 Å². The van der Waals surface area contributed by atoms with Crippen LogP contribution in [0.3, 0.4) is 0 Å². The van der Waals surface area contributed by atoms with Crippen LogP contribution in [0.25, 0.3) is 0 Å². The van der Waals surface area contributed by atoms with Crippen LogP contribution in [0.4, 0.5) is 4.79 Å². The molecular formula is C16H28N2O3. The van der Waals surface area contributed by atoms with Gasteiger partial charge in [0.25, 0.3) is 0 Å². The van der Waals surface area contributed by atoms with Crippen molar-refractivity contribution in [1.82, 2.24) is 10.2 Å². The third-order valence-corrected chi connectivity index (χ3v) is 4.81. The number of likely N-dealkylation sites (tertiary alicyclic amines) is 1. The van der Waals surface area contributed by atoms with Crippen molar-refractivity contribution in [2.45, 2.75) is 70.3 Å². The largest absolute Gasteiger partial charge is 0.480 e. The number of carboxylic acid groups (broad SMARTS) is 1. The van der Waals surface area contributed by atoms with Crippen LogP contribution in [-0.2, 0) is 4.79 Å². The Morgan fingerprint density at radius 2 is 1.43 bits per heavy atom. The summed E-state index contributed by atoms with van der Waals surface area (Å²) >= 11 is 0. The van der Waals surface area contributed by atoms with Gasteiger partial charge in [-0.1, -0.05) is 38.5 Å². The van der Waals surface area contributed by atoms with E-state index in [0.29, 0.717) is 0 Å². The lowest BCUT2D eigenvalue weighted by Crippen LogP contribution is -2.52. The first kappa shape index (κ1) is 16.1. The molecule has 21 heavy (non-hydrogen) atoms. The first-order chi connectivity index (χ1) is 10.2. The molecule has 5 heteroatoms. The first-order valence-corrected chi connectivity index (χ1v) is 8.47. The number of hydrogen-bond donors (Lipinski definition) is 2. The predicted octanol–water partition coefficient (Wildman–Crippen LogP) is 3.00.